The van der Waals surface area contributed by atoms with E-state index >= 15 is 0 Å². The van der Waals surface area contributed by atoms with Crippen LogP contribution in [0.2, 0.25) is 0 Å². The maximum atomic E-state index is 11.7. The molecule has 1 heterocycles. The molecular weight excluding hydrogens is 290 g/mol. The molecule has 8 nitrogen and oxygen atoms in total. The van der Waals surface area contributed by atoms with Crippen molar-refractivity contribution in [3.8, 4) is 0 Å². The van der Waals surface area contributed by atoms with E-state index in [4.69, 9.17) is 0 Å². The summed E-state index contributed by atoms with van der Waals surface area (Å²) in [5.41, 5.74) is 0. The zero-order chi connectivity index (χ0) is 16.7. The molecule has 1 aliphatic heterocycles. The molecule has 2 N–H and O–H groups in total. The highest BCUT2D eigenvalue weighted by molar-refractivity contribution is 6.03. The van der Waals surface area contributed by atoms with E-state index in [2.05, 4.69) is 10.6 Å². The first-order chi connectivity index (χ1) is 10.3. The summed E-state index contributed by atoms with van der Waals surface area (Å²) in [5.74, 6) is -1.65. The molecule has 0 aromatic heterocycles. The molecule has 0 aliphatic carbocycles. The Hall–Kier alpha value is -2.25. The zero-order valence-electron chi connectivity index (χ0n) is 12.8. The fourth-order valence-corrected chi connectivity index (χ4v) is 2.03. The topological polar surface area (TPSA) is 113 Å². The standard InChI is InChI=1S/C14H21N3O5/c1-9-6-13(21)17(14(9)22)5-3-4-11(19)16-8-12(20)15-7-10(2)18/h9H,3-8H2,1-2H3,(H,15,20)(H,16,19). The molecule has 1 rings (SSSR count). The Morgan fingerprint density at radius 2 is 1.77 bits per heavy atom. The first kappa shape index (κ1) is 17.8. The van der Waals surface area contributed by atoms with Crippen molar-refractivity contribution in [1.29, 1.82) is 0 Å². The largest absolute Gasteiger partial charge is 0.348 e. The molecule has 122 valence electrons. The summed E-state index contributed by atoms with van der Waals surface area (Å²) in [6, 6.07) is 0. The number of nitrogens with zero attached hydrogens (tertiary/aromatic N) is 1. The van der Waals surface area contributed by atoms with E-state index in [0.29, 0.717) is 6.42 Å². The monoisotopic (exact) mass is 311 g/mol. The van der Waals surface area contributed by atoms with E-state index in [1.807, 2.05) is 0 Å². The normalized spacial score (nSPS) is 17.5. The summed E-state index contributed by atoms with van der Waals surface area (Å²) < 4.78 is 0. The third kappa shape index (κ3) is 5.63. The van der Waals surface area contributed by atoms with Gasteiger partial charge < -0.3 is 10.6 Å². The van der Waals surface area contributed by atoms with Crippen LogP contribution in [0.5, 0.6) is 0 Å². The first-order valence-corrected chi connectivity index (χ1v) is 7.18. The second kappa shape index (κ2) is 8.26. The number of carbonyl (C=O) groups excluding carboxylic acids is 5. The number of amides is 4. The van der Waals surface area contributed by atoms with Crippen LogP contribution in [0.3, 0.4) is 0 Å². The van der Waals surface area contributed by atoms with Crippen molar-refractivity contribution in [3.05, 3.63) is 0 Å². The van der Waals surface area contributed by atoms with Crippen molar-refractivity contribution in [2.24, 2.45) is 5.92 Å². The van der Waals surface area contributed by atoms with E-state index in [9.17, 15) is 24.0 Å². The predicted octanol–water partition coefficient (Wildman–Crippen LogP) is -1.02. The number of carbonyl (C=O) groups is 5. The third-order valence-corrected chi connectivity index (χ3v) is 3.24. The number of imide groups is 1. The van der Waals surface area contributed by atoms with Crippen LogP contribution in [0.1, 0.15) is 33.1 Å². The maximum absolute atomic E-state index is 11.7. The summed E-state index contributed by atoms with van der Waals surface area (Å²) in [4.78, 5) is 57.9. The molecule has 0 aromatic carbocycles. The van der Waals surface area contributed by atoms with Gasteiger partial charge >= 0.3 is 0 Å². The molecule has 0 bridgehead atoms. The Balaban J connectivity index is 2.18. The number of ketones is 1. The second-order valence-electron chi connectivity index (χ2n) is 5.35. The van der Waals surface area contributed by atoms with Gasteiger partial charge in [0, 0.05) is 25.3 Å². The molecular formula is C14H21N3O5. The average Bonchev–Trinajstić information content (AvgIpc) is 2.69. The van der Waals surface area contributed by atoms with Crippen molar-refractivity contribution in [1.82, 2.24) is 15.5 Å². The predicted molar refractivity (Wildman–Crippen MR) is 76.4 cm³/mol. The average molecular weight is 311 g/mol. The molecule has 1 atom stereocenters. The summed E-state index contributed by atoms with van der Waals surface area (Å²) in [6.07, 6.45) is 0.692. The van der Waals surface area contributed by atoms with Crippen LogP contribution < -0.4 is 10.6 Å². The maximum Gasteiger partial charge on any atom is 0.239 e. The molecule has 1 saturated heterocycles. The van der Waals surface area contributed by atoms with Gasteiger partial charge in [-0.15, -0.1) is 0 Å². The van der Waals surface area contributed by atoms with Gasteiger partial charge in [0.05, 0.1) is 13.1 Å². The molecule has 0 radical (unpaired) electrons. The lowest BCUT2D eigenvalue weighted by molar-refractivity contribution is -0.139. The van der Waals surface area contributed by atoms with E-state index < -0.39 is 5.91 Å². The van der Waals surface area contributed by atoms with Crippen molar-refractivity contribution in [2.75, 3.05) is 19.6 Å². The Kier molecular flexibility index (Phi) is 6.68. The van der Waals surface area contributed by atoms with Crippen LogP contribution in [0, 0.1) is 5.92 Å². The minimum absolute atomic E-state index is 0.0634. The minimum Gasteiger partial charge on any atom is -0.348 e. The zero-order valence-corrected chi connectivity index (χ0v) is 12.8. The van der Waals surface area contributed by atoms with Gasteiger partial charge in [-0.05, 0) is 13.3 Å². The number of hydrogen-bond donors (Lipinski definition) is 2. The first-order valence-electron chi connectivity index (χ1n) is 7.18. The number of hydrogen-bond acceptors (Lipinski definition) is 5. The molecule has 8 heteroatoms. The Morgan fingerprint density at radius 3 is 2.32 bits per heavy atom. The second-order valence-corrected chi connectivity index (χ2v) is 5.35. The van der Waals surface area contributed by atoms with Crippen molar-refractivity contribution >= 4 is 29.4 Å². The van der Waals surface area contributed by atoms with Gasteiger partial charge in [0.25, 0.3) is 0 Å². The van der Waals surface area contributed by atoms with Crippen LogP contribution in [-0.2, 0) is 24.0 Å². The number of likely N-dealkylation sites (tertiary alicyclic amines) is 1. The highest BCUT2D eigenvalue weighted by Crippen LogP contribution is 2.18. The molecule has 0 saturated carbocycles. The van der Waals surface area contributed by atoms with Crippen molar-refractivity contribution in [2.45, 2.75) is 33.1 Å². The van der Waals surface area contributed by atoms with Crippen LogP contribution in [0.15, 0.2) is 0 Å². The minimum atomic E-state index is -0.442. The quantitative estimate of drug-likeness (QED) is 0.557. The lowest BCUT2D eigenvalue weighted by Crippen LogP contribution is -2.39. The van der Waals surface area contributed by atoms with Crippen LogP contribution in [0.4, 0.5) is 0 Å². The Bertz CT molecular complexity index is 489. The van der Waals surface area contributed by atoms with Crippen LogP contribution in [0.25, 0.3) is 0 Å². The third-order valence-electron chi connectivity index (χ3n) is 3.24. The van der Waals surface area contributed by atoms with E-state index in [-0.39, 0.29) is 61.9 Å². The molecule has 22 heavy (non-hydrogen) atoms. The van der Waals surface area contributed by atoms with Gasteiger partial charge in [-0.25, -0.2) is 0 Å². The van der Waals surface area contributed by atoms with Crippen LogP contribution >= 0.6 is 0 Å². The summed E-state index contributed by atoms with van der Waals surface area (Å²) >= 11 is 0. The molecule has 1 fully saturated rings. The number of Topliss-reactive ketones (excluding diaryl/α,β-unsaturated/α-hetero) is 1. The van der Waals surface area contributed by atoms with Gasteiger partial charge in [0.2, 0.25) is 23.6 Å². The summed E-state index contributed by atoms with van der Waals surface area (Å²) in [7, 11) is 0. The summed E-state index contributed by atoms with van der Waals surface area (Å²) in [6.45, 7) is 3.00. The SMILES string of the molecule is CC(=O)CNC(=O)CNC(=O)CCCN1C(=O)CC(C)C1=O. The van der Waals surface area contributed by atoms with Gasteiger partial charge in [0.15, 0.2) is 0 Å². The number of nitrogens with one attached hydrogen (secondary N) is 2. The van der Waals surface area contributed by atoms with Gasteiger partial charge in [-0.1, -0.05) is 6.92 Å². The molecule has 1 unspecified atom stereocenters. The Morgan fingerprint density at radius 1 is 1.14 bits per heavy atom. The number of rotatable bonds is 8. The lowest BCUT2D eigenvalue weighted by atomic mass is 10.1. The van der Waals surface area contributed by atoms with Crippen LogP contribution in [-0.4, -0.2) is 53.9 Å². The molecule has 0 spiro atoms. The smallest absolute Gasteiger partial charge is 0.239 e. The summed E-state index contributed by atoms with van der Waals surface area (Å²) in [5, 5.41) is 4.77. The Labute approximate surface area is 128 Å². The molecule has 4 amide bonds. The molecule has 0 aromatic rings. The fourth-order valence-electron chi connectivity index (χ4n) is 2.03. The highest BCUT2D eigenvalue weighted by Gasteiger charge is 2.34. The molecule has 1 aliphatic rings. The van der Waals surface area contributed by atoms with E-state index in [1.54, 1.807) is 6.92 Å². The fraction of sp³-hybridized carbons (Fsp3) is 0.643. The van der Waals surface area contributed by atoms with E-state index in [1.165, 1.54) is 11.8 Å². The van der Waals surface area contributed by atoms with Gasteiger partial charge in [-0.3, -0.25) is 28.9 Å². The lowest BCUT2D eigenvalue weighted by Gasteiger charge is -2.13. The highest BCUT2D eigenvalue weighted by atomic mass is 16.2. The van der Waals surface area contributed by atoms with Gasteiger partial charge in [0.1, 0.15) is 5.78 Å². The van der Waals surface area contributed by atoms with Gasteiger partial charge in [-0.2, -0.15) is 0 Å². The van der Waals surface area contributed by atoms with Crippen molar-refractivity contribution < 1.29 is 24.0 Å². The van der Waals surface area contributed by atoms with Crippen molar-refractivity contribution in [3.63, 3.8) is 0 Å². The van der Waals surface area contributed by atoms with E-state index in [0.717, 1.165) is 0 Å².